The number of hydrogen-bond acceptors (Lipinski definition) is 4. The van der Waals surface area contributed by atoms with Gasteiger partial charge in [0.2, 0.25) is 0 Å². The van der Waals surface area contributed by atoms with Crippen LogP contribution in [0.4, 0.5) is 0 Å². The van der Waals surface area contributed by atoms with E-state index in [9.17, 15) is 8.42 Å². The normalized spacial score (nSPS) is 11.4. The summed E-state index contributed by atoms with van der Waals surface area (Å²) in [5, 5.41) is 0.488. The summed E-state index contributed by atoms with van der Waals surface area (Å²) in [6.45, 7) is 0. The number of nitrogens with zero attached hydrogens (tertiary/aromatic N) is 2. The first-order valence-electron chi connectivity index (χ1n) is 6.81. The van der Waals surface area contributed by atoms with Crippen molar-refractivity contribution in [3.05, 3.63) is 66.1 Å². The maximum Gasteiger partial charge on any atom is 0.175 e. The average molecular weight is 345 g/mol. The first-order valence-corrected chi connectivity index (χ1v) is 9.08. The molecule has 0 unspecified atom stereocenters. The topological polar surface area (TPSA) is 59.9 Å². The number of benzene rings is 1. The molecule has 3 aromatic rings. The van der Waals surface area contributed by atoms with Crippen molar-refractivity contribution < 1.29 is 8.42 Å². The van der Waals surface area contributed by atoms with Gasteiger partial charge in [-0.3, -0.25) is 9.97 Å². The van der Waals surface area contributed by atoms with Crippen LogP contribution in [0.2, 0.25) is 5.02 Å². The third-order valence-corrected chi connectivity index (χ3v) is 4.70. The molecule has 116 valence electrons. The number of pyridine rings is 2. The second-order valence-electron chi connectivity index (χ2n) is 5.09. The molecule has 0 saturated heterocycles. The van der Waals surface area contributed by atoms with Crippen LogP contribution >= 0.6 is 11.6 Å². The summed E-state index contributed by atoms with van der Waals surface area (Å²) in [7, 11) is -3.28. The Labute approximate surface area is 139 Å². The highest BCUT2D eigenvalue weighted by molar-refractivity contribution is 7.90. The third-order valence-electron chi connectivity index (χ3n) is 3.38. The number of sulfone groups is 1. The van der Waals surface area contributed by atoms with Crippen LogP contribution in [0.1, 0.15) is 0 Å². The van der Waals surface area contributed by atoms with E-state index in [1.165, 1.54) is 6.26 Å². The highest BCUT2D eigenvalue weighted by Crippen LogP contribution is 2.33. The van der Waals surface area contributed by atoms with Crippen molar-refractivity contribution in [2.75, 3.05) is 6.26 Å². The SMILES string of the molecule is CS(=O)(=O)c1cccc(-c2cc(Cl)cnc2-c2ccncc2)c1. The zero-order chi connectivity index (χ0) is 16.4. The lowest BCUT2D eigenvalue weighted by atomic mass is 10.0. The Bertz CT molecular complexity index is 957. The molecule has 0 aliphatic carbocycles. The lowest BCUT2D eigenvalue weighted by molar-refractivity contribution is 0.602. The molecule has 0 bridgehead atoms. The molecule has 23 heavy (non-hydrogen) atoms. The number of aromatic nitrogens is 2. The largest absolute Gasteiger partial charge is 0.265 e. The lowest BCUT2D eigenvalue weighted by Gasteiger charge is -2.10. The Balaban J connectivity index is 2.23. The fraction of sp³-hybridized carbons (Fsp3) is 0.0588. The summed E-state index contributed by atoms with van der Waals surface area (Å²) < 4.78 is 23.6. The molecule has 1 aromatic carbocycles. The Morgan fingerprint density at radius 1 is 1.00 bits per heavy atom. The molecule has 2 heterocycles. The summed E-state index contributed by atoms with van der Waals surface area (Å²) in [4.78, 5) is 8.67. The highest BCUT2D eigenvalue weighted by Gasteiger charge is 2.13. The highest BCUT2D eigenvalue weighted by atomic mass is 35.5. The summed E-state index contributed by atoms with van der Waals surface area (Å²) in [6.07, 6.45) is 6.12. The van der Waals surface area contributed by atoms with Crippen molar-refractivity contribution in [1.82, 2.24) is 9.97 Å². The van der Waals surface area contributed by atoms with Crippen molar-refractivity contribution >= 4 is 21.4 Å². The molecule has 0 aliphatic rings. The molecule has 0 fully saturated rings. The second kappa shape index (κ2) is 6.10. The zero-order valence-electron chi connectivity index (χ0n) is 12.3. The molecule has 0 atom stereocenters. The molecule has 3 rings (SSSR count). The Kier molecular flexibility index (Phi) is 4.15. The first kappa shape index (κ1) is 15.6. The van der Waals surface area contributed by atoms with E-state index in [-0.39, 0.29) is 4.90 Å². The quantitative estimate of drug-likeness (QED) is 0.723. The molecule has 4 nitrogen and oxygen atoms in total. The van der Waals surface area contributed by atoms with Crippen LogP contribution in [0.25, 0.3) is 22.4 Å². The van der Waals surface area contributed by atoms with Gasteiger partial charge in [-0.15, -0.1) is 0 Å². The Hall–Kier alpha value is -2.24. The molecule has 2 aromatic heterocycles. The van der Waals surface area contributed by atoms with Gasteiger partial charge < -0.3 is 0 Å². The third kappa shape index (κ3) is 3.41. The van der Waals surface area contributed by atoms with Crippen molar-refractivity contribution in [1.29, 1.82) is 0 Å². The van der Waals surface area contributed by atoms with Gasteiger partial charge in [0, 0.05) is 36.0 Å². The van der Waals surface area contributed by atoms with E-state index in [0.717, 1.165) is 22.4 Å². The fourth-order valence-electron chi connectivity index (χ4n) is 2.29. The van der Waals surface area contributed by atoms with E-state index in [1.807, 2.05) is 18.2 Å². The molecule has 0 N–H and O–H groups in total. The molecule has 0 radical (unpaired) electrons. The van der Waals surface area contributed by atoms with Gasteiger partial charge in [-0.2, -0.15) is 0 Å². The van der Waals surface area contributed by atoms with Crippen molar-refractivity contribution in [3.63, 3.8) is 0 Å². The predicted molar refractivity (Wildman–Crippen MR) is 91.0 cm³/mol. The Morgan fingerprint density at radius 2 is 1.74 bits per heavy atom. The van der Waals surface area contributed by atoms with E-state index in [2.05, 4.69) is 9.97 Å². The molecule has 0 spiro atoms. The number of hydrogen-bond donors (Lipinski definition) is 0. The van der Waals surface area contributed by atoms with Crippen molar-refractivity contribution in [3.8, 4) is 22.4 Å². The van der Waals surface area contributed by atoms with E-state index in [4.69, 9.17) is 11.6 Å². The van der Waals surface area contributed by atoms with Crippen LogP contribution in [0.5, 0.6) is 0 Å². The second-order valence-corrected chi connectivity index (χ2v) is 7.54. The monoisotopic (exact) mass is 344 g/mol. The van der Waals surface area contributed by atoms with Gasteiger partial charge in [-0.25, -0.2) is 8.42 Å². The van der Waals surface area contributed by atoms with Gasteiger partial charge in [-0.1, -0.05) is 23.7 Å². The van der Waals surface area contributed by atoms with Crippen molar-refractivity contribution in [2.45, 2.75) is 4.90 Å². The number of rotatable bonds is 3. The minimum atomic E-state index is -3.28. The minimum Gasteiger partial charge on any atom is -0.265 e. The van der Waals surface area contributed by atoms with Crippen LogP contribution in [0, 0.1) is 0 Å². The van der Waals surface area contributed by atoms with E-state index in [1.54, 1.807) is 42.9 Å². The number of halogens is 1. The standard InChI is InChI=1S/C17H13ClN2O2S/c1-23(21,22)15-4-2-3-13(9-15)16-10-14(18)11-20-17(16)12-5-7-19-8-6-12/h2-11H,1H3. The first-order chi connectivity index (χ1) is 10.9. The van der Waals surface area contributed by atoms with Crippen LogP contribution < -0.4 is 0 Å². The van der Waals surface area contributed by atoms with Gasteiger partial charge >= 0.3 is 0 Å². The van der Waals surface area contributed by atoms with E-state index >= 15 is 0 Å². The van der Waals surface area contributed by atoms with Gasteiger partial charge in [0.15, 0.2) is 9.84 Å². The minimum absolute atomic E-state index is 0.260. The molecule has 6 heteroatoms. The van der Waals surface area contributed by atoms with E-state index < -0.39 is 9.84 Å². The van der Waals surface area contributed by atoms with Gasteiger partial charge in [-0.05, 0) is 35.9 Å². The summed E-state index contributed by atoms with van der Waals surface area (Å²) >= 11 is 6.09. The summed E-state index contributed by atoms with van der Waals surface area (Å²) in [6, 6.07) is 12.2. The molecular formula is C17H13ClN2O2S. The van der Waals surface area contributed by atoms with Crippen LogP contribution in [-0.4, -0.2) is 24.6 Å². The summed E-state index contributed by atoms with van der Waals surface area (Å²) in [5.41, 5.74) is 3.13. The molecule has 0 saturated carbocycles. The average Bonchev–Trinajstić information content (AvgIpc) is 2.55. The lowest BCUT2D eigenvalue weighted by Crippen LogP contribution is -1.97. The maximum absolute atomic E-state index is 11.8. The van der Waals surface area contributed by atoms with Gasteiger partial charge in [0.1, 0.15) is 0 Å². The van der Waals surface area contributed by atoms with Crippen LogP contribution in [0.15, 0.2) is 66.0 Å². The van der Waals surface area contributed by atoms with Crippen molar-refractivity contribution in [2.24, 2.45) is 0 Å². The van der Waals surface area contributed by atoms with Gasteiger partial charge in [0.25, 0.3) is 0 Å². The van der Waals surface area contributed by atoms with Gasteiger partial charge in [0.05, 0.1) is 15.6 Å². The molecule has 0 aliphatic heterocycles. The predicted octanol–water partition coefficient (Wildman–Crippen LogP) is 3.87. The Morgan fingerprint density at radius 3 is 2.43 bits per heavy atom. The maximum atomic E-state index is 11.8. The fourth-order valence-corrected chi connectivity index (χ4v) is 3.12. The van der Waals surface area contributed by atoms with E-state index in [0.29, 0.717) is 5.02 Å². The smallest absolute Gasteiger partial charge is 0.175 e. The van der Waals surface area contributed by atoms with Crippen LogP contribution in [-0.2, 0) is 9.84 Å². The summed E-state index contributed by atoms with van der Waals surface area (Å²) in [5.74, 6) is 0. The van der Waals surface area contributed by atoms with Crippen LogP contribution in [0.3, 0.4) is 0 Å². The molecular weight excluding hydrogens is 332 g/mol. The molecule has 0 amide bonds. The zero-order valence-corrected chi connectivity index (χ0v) is 13.8.